The number of nitrogens with zero attached hydrogens (tertiary/aromatic N) is 1. The Bertz CT molecular complexity index is 449. The zero-order chi connectivity index (χ0) is 12.3. The fourth-order valence-corrected chi connectivity index (χ4v) is 3.84. The number of hydrogen-bond donors (Lipinski definition) is 0. The Morgan fingerprint density at radius 3 is 2.65 bits per heavy atom. The minimum Gasteiger partial charge on any atom is -0.497 e. The fourth-order valence-electron chi connectivity index (χ4n) is 2.21. The second-order valence-corrected chi connectivity index (χ2v) is 5.85. The van der Waals surface area contributed by atoms with Crippen molar-refractivity contribution in [1.29, 1.82) is 5.26 Å². The minimum atomic E-state index is -1.08. The van der Waals surface area contributed by atoms with Gasteiger partial charge < -0.3 is 4.74 Å². The minimum absolute atomic E-state index is 0.00612. The average Bonchev–Trinajstić information content (AvgIpc) is 2.86. The third-order valence-electron chi connectivity index (χ3n) is 3.19. The summed E-state index contributed by atoms with van der Waals surface area (Å²) in [5, 5.41) is 9.00. The first kappa shape index (κ1) is 12.1. The maximum absolute atomic E-state index is 12.3. The van der Waals surface area contributed by atoms with Gasteiger partial charge in [0.1, 0.15) is 5.75 Å². The molecule has 0 heterocycles. The maximum atomic E-state index is 12.3. The van der Waals surface area contributed by atoms with Crippen LogP contribution in [0.1, 0.15) is 19.3 Å². The van der Waals surface area contributed by atoms with Crippen LogP contribution in [0, 0.1) is 17.2 Å². The van der Waals surface area contributed by atoms with Crippen molar-refractivity contribution in [2.45, 2.75) is 29.4 Å². The van der Waals surface area contributed by atoms with Crippen LogP contribution in [0.5, 0.6) is 5.75 Å². The van der Waals surface area contributed by atoms with Crippen molar-refractivity contribution in [3.63, 3.8) is 0 Å². The lowest BCUT2D eigenvalue weighted by Gasteiger charge is -2.13. The Morgan fingerprint density at radius 1 is 1.35 bits per heavy atom. The molecule has 1 aliphatic carbocycles. The monoisotopic (exact) mass is 249 g/mol. The zero-order valence-electron chi connectivity index (χ0n) is 9.76. The zero-order valence-corrected chi connectivity index (χ0v) is 10.6. The Kier molecular flexibility index (Phi) is 3.80. The molecule has 1 fully saturated rings. The summed E-state index contributed by atoms with van der Waals surface area (Å²) in [6.07, 6.45) is 2.77. The molecule has 1 aliphatic rings. The Labute approximate surface area is 104 Å². The lowest BCUT2D eigenvalue weighted by atomic mass is 10.1. The summed E-state index contributed by atoms with van der Waals surface area (Å²) < 4.78 is 17.4. The van der Waals surface area contributed by atoms with Crippen LogP contribution in [0.4, 0.5) is 0 Å². The van der Waals surface area contributed by atoms with Gasteiger partial charge in [-0.05, 0) is 37.1 Å². The molecule has 4 heteroatoms. The van der Waals surface area contributed by atoms with Gasteiger partial charge in [0.2, 0.25) is 0 Å². The van der Waals surface area contributed by atoms with E-state index < -0.39 is 10.8 Å². The molecular formula is C13H15NO2S. The van der Waals surface area contributed by atoms with Crippen molar-refractivity contribution in [3.05, 3.63) is 24.3 Å². The second-order valence-electron chi connectivity index (χ2n) is 4.18. The van der Waals surface area contributed by atoms with E-state index in [4.69, 9.17) is 10.00 Å². The van der Waals surface area contributed by atoms with Crippen LogP contribution in [0.15, 0.2) is 29.2 Å². The van der Waals surface area contributed by atoms with Gasteiger partial charge in [-0.25, -0.2) is 0 Å². The topological polar surface area (TPSA) is 50.1 Å². The van der Waals surface area contributed by atoms with Gasteiger partial charge in [-0.2, -0.15) is 5.26 Å². The summed E-state index contributed by atoms with van der Waals surface area (Å²) in [6.45, 7) is 0. The van der Waals surface area contributed by atoms with Crippen molar-refractivity contribution >= 4 is 10.8 Å². The normalized spacial score (nSPS) is 25.2. The summed E-state index contributed by atoms with van der Waals surface area (Å²) in [6, 6.07) is 9.53. The quantitative estimate of drug-likeness (QED) is 0.827. The van der Waals surface area contributed by atoms with Gasteiger partial charge in [-0.1, -0.05) is 6.42 Å². The number of methoxy groups -OCH3 is 1. The SMILES string of the molecule is COc1ccc(S(=O)C2CCCC2C#N)cc1. The molecule has 3 atom stereocenters. The van der Waals surface area contributed by atoms with Crippen LogP contribution in [0.2, 0.25) is 0 Å². The van der Waals surface area contributed by atoms with Gasteiger partial charge >= 0.3 is 0 Å². The Morgan fingerprint density at radius 2 is 2.06 bits per heavy atom. The second kappa shape index (κ2) is 5.33. The Balaban J connectivity index is 2.16. The van der Waals surface area contributed by atoms with Crippen molar-refractivity contribution in [2.75, 3.05) is 7.11 Å². The summed E-state index contributed by atoms with van der Waals surface area (Å²) in [4.78, 5) is 0.790. The van der Waals surface area contributed by atoms with Crippen LogP contribution in [0.3, 0.4) is 0 Å². The van der Waals surface area contributed by atoms with Crippen LogP contribution in [-0.2, 0) is 10.8 Å². The van der Waals surface area contributed by atoms with Gasteiger partial charge in [0.25, 0.3) is 0 Å². The molecule has 0 amide bonds. The summed E-state index contributed by atoms with van der Waals surface area (Å²) in [5.41, 5.74) is 0. The molecule has 3 nitrogen and oxygen atoms in total. The number of nitriles is 1. The maximum Gasteiger partial charge on any atom is 0.118 e. The summed E-state index contributed by atoms with van der Waals surface area (Å²) in [7, 11) is 0.529. The van der Waals surface area contributed by atoms with E-state index in [1.54, 1.807) is 7.11 Å². The summed E-state index contributed by atoms with van der Waals surface area (Å²) in [5.74, 6) is 0.701. The highest BCUT2D eigenvalue weighted by Gasteiger charge is 2.32. The molecule has 2 rings (SSSR count). The number of ether oxygens (including phenoxy) is 1. The van der Waals surface area contributed by atoms with E-state index in [1.807, 2.05) is 24.3 Å². The highest BCUT2D eigenvalue weighted by Crippen LogP contribution is 2.32. The van der Waals surface area contributed by atoms with E-state index in [1.165, 1.54) is 0 Å². The molecule has 0 spiro atoms. The highest BCUT2D eigenvalue weighted by molar-refractivity contribution is 7.85. The van der Waals surface area contributed by atoms with E-state index in [9.17, 15) is 4.21 Å². The number of benzene rings is 1. The van der Waals surface area contributed by atoms with Gasteiger partial charge in [0.05, 0.1) is 35.1 Å². The predicted molar refractivity (Wildman–Crippen MR) is 66.1 cm³/mol. The summed E-state index contributed by atoms with van der Waals surface area (Å²) >= 11 is 0. The average molecular weight is 249 g/mol. The lowest BCUT2D eigenvalue weighted by molar-refractivity contribution is 0.414. The van der Waals surface area contributed by atoms with Gasteiger partial charge in [-0.3, -0.25) is 4.21 Å². The van der Waals surface area contributed by atoms with Crippen LogP contribution < -0.4 is 4.74 Å². The van der Waals surface area contributed by atoms with Crippen LogP contribution in [-0.4, -0.2) is 16.6 Å². The number of rotatable bonds is 3. The molecule has 90 valence electrons. The standard InChI is InChI=1S/C13H15NO2S/c1-16-11-5-7-12(8-6-11)17(15)13-4-2-3-10(13)9-14/h5-8,10,13H,2-4H2,1H3. The molecular weight excluding hydrogens is 234 g/mol. The molecule has 0 bridgehead atoms. The van der Waals surface area contributed by atoms with Crippen molar-refractivity contribution in [2.24, 2.45) is 5.92 Å². The molecule has 1 aromatic rings. The molecule has 0 radical (unpaired) electrons. The van der Waals surface area contributed by atoms with E-state index in [0.717, 1.165) is 29.9 Å². The number of hydrogen-bond acceptors (Lipinski definition) is 3. The molecule has 17 heavy (non-hydrogen) atoms. The van der Waals surface area contributed by atoms with E-state index in [0.29, 0.717) is 0 Å². The van der Waals surface area contributed by atoms with Crippen LogP contribution in [0.25, 0.3) is 0 Å². The first-order chi connectivity index (χ1) is 8.26. The first-order valence-corrected chi connectivity index (χ1v) is 6.92. The van der Waals surface area contributed by atoms with E-state index in [2.05, 4.69) is 6.07 Å². The smallest absolute Gasteiger partial charge is 0.118 e. The molecule has 0 aromatic heterocycles. The van der Waals surface area contributed by atoms with Gasteiger partial charge in [-0.15, -0.1) is 0 Å². The van der Waals surface area contributed by atoms with Crippen LogP contribution >= 0.6 is 0 Å². The van der Waals surface area contributed by atoms with E-state index >= 15 is 0 Å². The van der Waals surface area contributed by atoms with Crippen molar-refractivity contribution < 1.29 is 8.95 Å². The van der Waals surface area contributed by atoms with Gasteiger partial charge in [0, 0.05) is 4.90 Å². The molecule has 0 saturated heterocycles. The molecule has 1 saturated carbocycles. The molecule has 1 aromatic carbocycles. The van der Waals surface area contributed by atoms with Crippen molar-refractivity contribution in [3.8, 4) is 11.8 Å². The highest BCUT2D eigenvalue weighted by atomic mass is 32.2. The third kappa shape index (κ3) is 2.50. The Hall–Kier alpha value is -1.34. The first-order valence-electron chi connectivity index (χ1n) is 5.70. The van der Waals surface area contributed by atoms with Crippen molar-refractivity contribution in [1.82, 2.24) is 0 Å². The molecule has 3 unspecified atom stereocenters. The third-order valence-corrected chi connectivity index (χ3v) is 5.04. The van der Waals surface area contributed by atoms with E-state index in [-0.39, 0.29) is 11.2 Å². The predicted octanol–water partition coefficient (Wildman–Crippen LogP) is 2.50. The lowest BCUT2D eigenvalue weighted by Crippen LogP contribution is -2.19. The largest absolute Gasteiger partial charge is 0.497 e. The molecule has 0 aliphatic heterocycles. The fraction of sp³-hybridized carbons (Fsp3) is 0.462. The van der Waals surface area contributed by atoms with Gasteiger partial charge in [0.15, 0.2) is 0 Å². The molecule has 0 N–H and O–H groups in total.